The Hall–Kier alpha value is -4.20. The molecule has 0 radical (unpaired) electrons. The van der Waals surface area contributed by atoms with Gasteiger partial charge in [-0.3, -0.25) is 9.10 Å². The molecule has 14 heteroatoms. The lowest BCUT2D eigenvalue weighted by atomic mass is 10.2. The lowest BCUT2D eigenvalue weighted by Crippen LogP contribution is -2.38. The SMILES string of the molecule is COc1ccc(Cl)cc1N(CC(=O)Nc1ccc(S(=O)(=O)Nc2nccc(C)n2)cc1)S(=O)(=O)c1ccc(C)cc1. The molecule has 0 atom stereocenters. The van der Waals surface area contributed by atoms with Crippen LogP contribution in [-0.2, 0) is 24.8 Å². The lowest BCUT2D eigenvalue weighted by Gasteiger charge is -2.26. The number of amides is 1. The summed E-state index contributed by atoms with van der Waals surface area (Å²) < 4.78 is 61.4. The predicted molar refractivity (Wildman–Crippen MR) is 156 cm³/mol. The van der Waals surface area contributed by atoms with E-state index >= 15 is 0 Å². The maximum Gasteiger partial charge on any atom is 0.264 e. The van der Waals surface area contributed by atoms with E-state index in [9.17, 15) is 21.6 Å². The number of benzene rings is 3. The topological polar surface area (TPSA) is 148 Å². The molecule has 0 saturated heterocycles. The second-order valence-corrected chi connectivity index (χ2v) is 12.8. The van der Waals surface area contributed by atoms with Crippen LogP contribution in [0.25, 0.3) is 0 Å². The molecule has 1 heterocycles. The molecular weight excluding hydrogens is 590 g/mol. The highest BCUT2D eigenvalue weighted by atomic mass is 35.5. The minimum Gasteiger partial charge on any atom is -0.495 e. The molecule has 4 rings (SSSR count). The third-order valence-corrected chi connectivity index (χ3v) is 9.13. The third-order valence-electron chi connectivity index (χ3n) is 5.77. The number of methoxy groups -OCH3 is 1. The maximum atomic E-state index is 13.7. The normalized spacial score (nSPS) is 11.5. The molecule has 0 fully saturated rings. The summed E-state index contributed by atoms with van der Waals surface area (Å²) in [5.41, 5.74) is 1.76. The predicted octanol–water partition coefficient (Wildman–Crippen LogP) is 4.39. The molecule has 1 amide bonds. The standard InChI is InChI=1S/C27H26ClN5O6S2/c1-18-4-9-23(10-5-18)41(37,38)33(24-16-20(28)6-13-25(24)39-3)17-26(34)31-21-7-11-22(12-8-21)40(35,36)32-27-29-15-14-19(2)30-27/h4-16H,17H2,1-3H3,(H,31,34)(H,29,30,32). The number of hydrogen-bond donors (Lipinski definition) is 2. The highest BCUT2D eigenvalue weighted by Crippen LogP contribution is 2.35. The highest BCUT2D eigenvalue weighted by molar-refractivity contribution is 7.93. The molecule has 4 aromatic rings. The number of halogens is 1. The Morgan fingerprint density at radius 2 is 1.59 bits per heavy atom. The molecular formula is C27H26ClN5O6S2. The van der Waals surface area contributed by atoms with Gasteiger partial charge in [-0.2, -0.15) is 0 Å². The summed E-state index contributed by atoms with van der Waals surface area (Å²) in [6.07, 6.45) is 1.43. The Morgan fingerprint density at radius 3 is 2.22 bits per heavy atom. The molecule has 3 aromatic carbocycles. The number of aromatic nitrogens is 2. The van der Waals surface area contributed by atoms with Gasteiger partial charge in [0, 0.05) is 22.6 Å². The summed E-state index contributed by atoms with van der Waals surface area (Å²) in [5, 5.41) is 2.85. The number of anilines is 3. The summed E-state index contributed by atoms with van der Waals surface area (Å²) in [4.78, 5) is 20.9. The fraction of sp³-hybridized carbons (Fsp3) is 0.148. The Balaban J connectivity index is 1.58. The van der Waals surface area contributed by atoms with Crippen molar-refractivity contribution in [2.45, 2.75) is 23.6 Å². The summed E-state index contributed by atoms with van der Waals surface area (Å²) in [6, 6.07) is 17.6. The summed E-state index contributed by atoms with van der Waals surface area (Å²) in [6.45, 7) is 2.90. The third kappa shape index (κ3) is 7.12. The molecule has 0 aliphatic heterocycles. The second kappa shape index (κ2) is 12.1. The van der Waals surface area contributed by atoms with Crippen LogP contribution in [0.3, 0.4) is 0 Å². The van der Waals surface area contributed by atoms with Crippen molar-refractivity contribution in [2.24, 2.45) is 0 Å². The molecule has 0 aliphatic rings. The van der Waals surface area contributed by atoms with Gasteiger partial charge in [0.1, 0.15) is 12.3 Å². The van der Waals surface area contributed by atoms with Gasteiger partial charge in [0.15, 0.2) is 0 Å². The van der Waals surface area contributed by atoms with Crippen molar-refractivity contribution in [3.8, 4) is 5.75 Å². The Morgan fingerprint density at radius 1 is 0.927 bits per heavy atom. The van der Waals surface area contributed by atoms with Crippen molar-refractivity contribution in [3.05, 3.63) is 95.3 Å². The van der Waals surface area contributed by atoms with E-state index in [1.54, 1.807) is 25.1 Å². The van der Waals surface area contributed by atoms with Crippen LogP contribution in [0.1, 0.15) is 11.3 Å². The Kier molecular flexibility index (Phi) is 8.80. The van der Waals surface area contributed by atoms with Crippen molar-refractivity contribution in [2.75, 3.05) is 28.0 Å². The first kappa shape index (κ1) is 29.8. The molecule has 1 aromatic heterocycles. The quantitative estimate of drug-likeness (QED) is 0.267. The molecule has 0 spiro atoms. The van der Waals surface area contributed by atoms with Gasteiger partial charge in [-0.1, -0.05) is 29.3 Å². The first-order valence-electron chi connectivity index (χ1n) is 12.0. The van der Waals surface area contributed by atoms with E-state index in [1.807, 2.05) is 6.92 Å². The maximum absolute atomic E-state index is 13.7. The minimum absolute atomic E-state index is 0.0300. The molecule has 0 bridgehead atoms. The van der Waals surface area contributed by atoms with Gasteiger partial charge < -0.3 is 10.1 Å². The second-order valence-electron chi connectivity index (χ2n) is 8.84. The number of nitrogens with one attached hydrogen (secondary N) is 2. The smallest absolute Gasteiger partial charge is 0.264 e. The van der Waals surface area contributed by atoms with Crippen LogP contribution in [0.5, 0.6) is 5.75 Å². The zero-order chi connectivity index (χ0) is 29.8. The largest absolute Gasteiger partial charge is 0.495 e. The molecule has 2 N–H and O–H groups in total. The molecule has 11 nitrogen and oxygen atoms in total. The van der Waals surface area contributed by atoms with Crippen LogP contribution in [0.4, 0.5) is 17.3 Å². The van der Waals surface area contributed by atoms with E-state index in [2.05, 4.69) is 20.0 Å². The zero-order valence-corrected chi connectivity index (χ0v) is 24.6. The highest BCUT2D eigenvalue weighted by Gasteiger charge is 2.30. The summed E-state index contributed by atoms with van der Waals surface area (Å²) in [5.74, 6) is -0.573. The van der Waals surface area contributed by atoms with Gasteiger partial charge in [0.05, 0.1) is 22.6 Å². The number of carbonyl (C=O) groups excluding carboxylic acids is 1. The first-order valence-corrected chi connectivity index (χ1v) is 15.3. The van der Waals surface area contributed by atoms with E-state index in [0.29, 0.717) is 5.69 Å². The van der Waals surface area contributed by atoms with Crippen LogP contribution < -0.4 is 19.1 Å². The summed E-state index contributed by atoms with van der Waals surface area (Å²) >= 11 is 6.17. The number of ether oxygens (including phenoxy) is 1. The monoisotopic (exact) mass is 615 g/mol. The van der Waals surface area contributed by atoms with Crippen LogP contribution in [0.15, 0.2) is 88.8 Å². The minimum atomic E-state index is -4.23. The van der Waals surface area contributed by atoms with Crippen LogP contribution in [0.2, 0.25) is 5.02 Å². The lowest BCUT2D eigenvalue weighted by molar-refractivity contribution is -0.114. The first-order chi connectivity index (χ1) is 19.4. The van der Waals surface area contributed by atoms with Crippen LogP contribution in [0, 0.1) is 13.8 Å². The summed E-state index contributed by atoms with van der Waals surface area (Å²) in [7, 11) is -6.85. The Labute approximate surface area is 243 Å². The number of sulfonamides is 2. The van der Waals surface area contributed by atoms with Crippen molar-refractivity contribution in [1.29, 1.82) is 0 Å². The fourth-order valence-electron chi connectivity index (χ4n) is 3.72. The van der Waals surface area contributed by atoms with Crippen molar-refractivity contribution in [3.63, 3.8) is 0 Å². The number of hydrogen-bond acceptors (Lipinski definition) is 8. The van der Waals surface area contributed by atoms with Crippen LogP contribution in [-0.4, -0.2) is 46.4 Å². The van der Waals surface area contributed by atoms with Crippen molar-refractivity contribution < 1.29 is 26.4 Å². The van der Waals surface area contributed by atoms with E-state index in [-0.39, 0.29) is 37.9 Å². The molecule has 41 heavy (non-hydrogen) atoms. The van der Waals surface area contributed by atoms with E-state index in [0.717, 1.165) is 9.87 Å². The molecule has 0 unspecified atom stereocenters. The van der Waals surface area contributed by atoms with E-state index in [4.69, 9.17) is 16.3 Å². The van der Waals surface area contributed by atoms with Gasteiger partial charge in [-0.05, 0) is 74.5 Å². The van der Waals surface area contributed by atoms with Crippen molar-refractivity contribution >= 4 is 54.9 Å². The molecule has 214 valence electrons. The van der Waals surface area contributed by atoms with Gasteiger partial charge in [-0.15, -0.1) is 0 Å². The van der Waals surface area contributed by atoms with Gasteiger partial charge in [0.2, 0.25) is 11.9 Å². The Bertz CT molecular complexity index is 1780. The van der Waals surface area contributed by atoms with Crippen molar-refractivity contribution in [1.82, 2.24) is 9.97 Å². The molecule has 0 aliphatic carbocycles. The van der Waals surface area contributed by atoms with E-state index in [1.165, 1.54) is 67.9 Å². The van der Waals surface area contributed by atoms with Gasteiger partial charge >= 0.3 is 0 Å². The fourth-order valence-corrected chi connectivity index (χ4v) is 6.26. The van der Waals surface area contributed by atoms with Gasteiger partial charge in [0.25, 0.3) is 20.0 Å². The zero-order valence-electron chi connectivity index (χ0n) is 22.2. The average molecular weight is 616 g/mol. The average Bonchev–Trinajstić information content (AvgIpc) is 2.92. The molecule has 0 saturated carbocycles. The van der Waals surface area contributed by atoms with E-state index < -0.39 is 32.5 Å². The number of rotatable bonds is 10. The van der Waals surface area contributed by atoms with Gasteiger partial charge in [-0.25, -0.2) is 31.5 Å². The van der Waals surface area contributed by atoms with Crippen LogP contribution >= 0.6 is 11.6 Å². The number of carbonyl (C=O) groups is 1. The number of aryl methyl sites for hydroxylation is 2. The number of nitrogens with zero attached hydrogens (tertiary/aromatic N) is 3.